The Morgan fingerprint density at radius 3 is 1.88 bits per heavy atom. The van der Waals surface area contributed by atoms with Crippen molar-refractivity contribution in [2.45, 2.75) is 33.6 Å². The molecular formula is C7H15N. The van der Waals surface area contributed by atoms with Crippen molar-refractivity contribution in [3.05, 3.63) is 11.3 Å². The van der Waals surface area contributed by atoms with Crippen LogP contribution in [0.3, 0.4) is 0 Å². The van der Waals surface area contributed by atoms with Gasteiger partial charge in [0.25, 0.3) is 0 Å². The van der Waals surface area contributed by atoms with Gasteiger partial charge < -0.3 is 5.73 Å². The van der Waals surface area contributed by atoms with Crippen molar-refractivity contribution in [1.29, 1.82) is 0 Å². The number of nitrogens with two attached hydrogens (primary N) is 1. The fourth-order valence-corrected chi connectivity index (χ4v) is 0.529. The molecule has 0 saturated carbocycles. The second-order valence-electron chi connectivity index (χ2n) is 2.01. The zero-order chi connectivity index (χ0) is 6.57. The van der Waals surface area contributed by atoms with Crippen molar-refractivity contribution >= 4 is 0 Å². The van der Waals surface area contributed by atoms with E-state index in [0.717, 1.165) is 18.5 Å². The minimum atomic E-state index is 0.986. The molecular weight excluding hydrogens is 98.1 g/mol. The Bertz CT molecular complexity index is 80.6. The van der Waals surface area contributed by atoms with E-state index in [4.69, 9.17) is 5.73 Å². The normalized spacial score (nSPS) is 13.4. The maximum atomic E-state index is 5.61. The van der Waals surface area contributed by atoms with Gasteiger partial charge in [0.05, 0.1) is 0 Å². The van der Waals surface area contributed by atoms with E-state index in [1.165, 1.54) is 5.57 Å². The summed E-state index contributed by atoms with van der Waals surface area (Å²) in [5, 5.41) is 0. The van der Waals surface area contributed by atoms with E-state index in [-0.39, 0.29) is 0 Å². The van der Waals surface area contributed by atoms with Crippen LogP contribution in [0.5, 0.6) is 0 Å². The maximum absolute atomic E-state index is 5.61. The highest BCUT2D eigenvalue weighted by Crippen LogP contribution is 2.04. The largest absolute Gasteiger partial charge is 0.402 e. The number of allylic oxidation sites excluding steroid dienone is 2. The van der Waals surface area contributed by atoms with Gasteiger partial charge in [0.2, 0.25) is 0 Å². The van der Waals surface area contributed by atoms with Crippen molar-refractivity contribution in [2.75, 3.05) is 0 Å². The molecule has 2 N–H and O–H groups in total. The summed E-state index contributed by atoms with van der Waals surface area (Å²) < 4.78 is 0. The summed E-state index contributed by atoms with van der Waals surface area (Å²) in [6, 6.07) is 0. The van der Waals surface area contributed by atoms with Gasteiger partial charge in [-0.1, -0.05) is 19.4 Å². The second kappa shape index (κ2) is 3.53. The van der Waals surface area contributed by atoms with E-state index in [9.17, 15) is 0 Å². The molecule has 0 unspecified atom stereocenters. The Hall–Kier alpha value is -0.460. The van der Waals surface area contributed by atoms with Gasteiger partial charge in [-0.05, 0) is 19.8 Å². The first-order valence-corrected chi connectivity index (χ1v) is 3.16. The summed E-state index contributed by atoms with van der Waals surface area (Å²) in [7, 11) is 0. The number of hydrogen-bond donors (Lipinski definition) is 1. The molecule has 0 aromatic rings. The van der Waals surface area contributed by atoms with Crippen LogP contribution in [-0.2, 0) is 0 Å². The first kappa shape index (κ1) is 7.54. The lowest BCUT2D eigenvalue weighted by atomic mass is 10.1. The standard InChI is InChI=1S/C7H15N/c1-4-6(3)7(8)5-2/h4-5,8H2,1-3H3/b7-6+. The summed E-state index contributed by atoms with van der Waals surface area (Å²) >= 11 is 0. The molecule has 0 aromatic heterocycles. The van der Waals surface area contributed by atoms with Crippen molar-refractivity contribution in [3.63, 3.8) is 0 Å². The predicted octanol–water partition coefficient (Wildman–Crippen LogP) is 2.04. The van der Waals surface area contributed by atoms with Gasteiger partial charge in [-0.15, -0.1) is 0 Å². The Kier molecular flexibility index (Phi) is 3.33. The van der Waals surface area contributed by atoms with Crippen LogP contribution >= 0.6 is 0 Å². The van der Waals surface area contributed by atoms with Crippen LogP contribution in [0, 0.1) is 0 Å². The molecule has 0 radical (unpaired) electrons. The molecule has 0 bridgehead atoms. The third-order valence-electron chi connectivity index (χ3n) is 1.46. The highest BCUT2D eigenvalue weighted by atomic mass is 14.6. The highest BCUT2D eigenvalue weighted by Gasteiger charge is 1.89. The smallest absolute Gasteiger partial charge is 0.00666 e. The molecule has 0 aromatic carbocycles. The lowest BCUT2D eigenvalue weighted by Gasteiger charge is -1.99. The van der Waals surface area contributed by atoms with E-state index < -0.39 is 0 Å². The summed E-state index contributed by atoms with van der Waals surface area (Å²) in [5.41, 5.74) is 7.98. The average Bonchev–Trinajstić information content (AvgIpc) is 1.84. The molecule has 0 rings (SSSR count). The molecule has 0 heterocycles. The Morgan fingerprint density at radius 2 is 1.75 bits per heavy atom. The van der Waals surface area contributed by atoms with Crippen molar-refractivity contribution in [2.24, 2.45) is 5.73 Å². The van der Waals surface area contributed by atoms with E-state index >= 15 is 0 Å². The van der Waals surface area contributed by atoms with Crippen LogP contribution < -0.4 is 5.73 Å². The minimum absolute atomic E-state index is 0.986. The van der Waals surface area contributed by atoms with E-state index in [1.807, 2.05) is 0 Å². The number of hydrogen-bond acceptors (Lipinski definition) is 1. The Morgan fingerprint density at radius 1 is 1.25 bits per heavy atom. The van der Waals surface area contributed by atoms with Gasteiger partial charge in [-0.2, -0.15) is 0 Å². The number of rotatable bonds is 2. The van der Waals surface area contributed by atoms with Crippen molar-refractivity contribution < 1.29 is 0 Å². The molecule has 0 atom stereocenters. The summed E-state index contributed by atoms with van der Waals surface area (Å²) in [4.78, 5) is 0. The Balaban J connectivity index is 3.83. The molecule has 0 saturated heterocycles. The third-order valence-corrected chi connectivity index (χ3v) is 1.46. The van der Waals surface area contributed by atoms with E-state index in [2.05, 4.69) is 20.8 Å². The Labute approximate surface area is 51.6 Å². The van der Waals surface area contributed by atoms with Gasteiger partial charge in [-0.25, -0.2) is 0 Å². The van der Waals surface area contributed by atoms with Gasteiger partial charge >= 0.3 is 0 Å². The van der Waals surface area contributed by atoms with E-state index in [0.29, 0.717) is 0 Å². The summed E-state index contributed by atoms with van der Waals surface area (Å²) in [6.45, 7) is 6.28. The van der Waals surface area contributed by atoms with Crippen LogP contribution in [0.1, 0.15) is 33.6 Å². The zero-order valence-electron chi connectivity index (χ0n) is 5.99. The fourth-order valence-electron chi connectivity index (χ4n) is 0.529. The van der Waals surface area contributed by atoms with Gasteiger partial charge in [0, 0.05) is 5.70 Å². The highest BCUT2D eigenvalue weighted by molar-refractivity contribution is 5.06. The molecule has 0 amide bonds. The van der Waals surface area contributed by atoms with E-state index in [1.54, 1.807) is 0 Å². The SMILES string of the molecule is CC/C(C)=C(/N)CC. The molecule has 0 aliphatic heterocycles. The molecule has 48 valence electrons. The molecule has 1 nitrogen and oxygen atoms in total. The molecule has 0 aliphatic carbocycles. The minimum Gasteiger partial charge on any atom is -0.402 e. The lowest BCUT2D eigenvalue weighted by Crippen LogP contribution is -1.97. The first-order valence-electron chi connectivity index (χ1n) is 3.16. The molecule has 0 fully saturated rings. The second-order valence-corrected chi connectivity index (χ2v) is 2.01. The monoisotopic (exact) mass is 113 g/mol. The van der Waals surface area contributed by atoms with Gasteiger partial charge in [0.1, 0.15) is 0 Å². The average molecular weight is 113 g/mol. The maximum Gasteiger partial charge on any atom is 0.00666 e. The molecule has 8 heavy (non-hydrogen) atoms. The zero-order valence-corrected chi connectivity index (χ0v) is 5.99. The predicted molar refractivity (Wildman–Crippen MR) is 37.5 cm³/mol. The fraction of sp³-hybridized carbons (Fsp3) is 0.714. The van der Waals surface area contributed by atoms with Crippen LogP contribution in [0.25, 0.3) is 0 Å². The molecule has 1 heteroatoms. The van der Waals surface area contributed by atoms with Crippen LogP contribution in [0.15, 0.2) is 11.3 Å². The topological polar surface area (TPSA) is 26.0 Å². The molecule has 0 aliphatic rings. The quantitative estimate of drug-likeness (QED) is 0.582. The van der Waals surface area contributed by atoms with Crippen LogP contribution in [0.4, 0.5) is 0 Å². The lowest BCUT2D eigenvalue weighted by molar-refractivity contribution is 0.966. The van der Waals surface area contributed by atoms with Crippen molar-refractivity contribution in [3.8, 4) is 0 Å². The van der Waals surface area contributed by atoms with Crippen molar-refractivity contribution in [1.82, 2.24) is 0 Å². The van der Waals surface area contributed by atoms with Gasteiger partial charge in [-0.3, -0.25) is 0 Å². The summed E-state index contributed by atoms with van der Waals surface area (Å²) in [6.07, 6.45) is 2.07. The summed E-state index contributed by atoms with van der Waals surface area (Å²) in [5.74, 6) is 0. The van der Waals surface area contributed by atoms with Gasteiger partial charge in [0.15, 0.2) is 0 Å². The third kappa shape index (κ3) is 2.01. The first-order chi connectivity index (χ1) is 3.72. The van der Waals surface area contributed by atoms with Crippen LogP contribution in [0.2, 0.25) is 0 Å². The molecule has 0 spiro atoms. The van der Waals surface area contributed by atoms with Crippen LogP contribution in [-0.4, -0.2) is 0 Å².